The molecule has 1 atom stereocenters. The van der Waals surface area contributed by atoms with E-state index in [-0.39, 0.29) is 6.17 Å². The van der Waals surface area contributed by atoms with Gasteiger partial charge in [0.25, 0.3) is 0 Å². The second-order valence-electron chi connectivity index (χ2n) is 2.96. The van der Waals surface area contributed by atoms with Gasteiger partial charge in [0.1, 0.15) is 0 Å². The van der Waals surface area contributed by atoms with Gasteiger partial charge in [-0.2, -0.15) is 0 Å². The average Bonchev–Trinajstić information content (AvgIpc) is 2.50. The third-order valence-electron chi connectivity index (χ3n) is 1.81. The van der Waals surface area contributed by atoms with Gasteiger partial charge in [0.15, 0.2) is 17.2 Å². The van der Waals surface area contributed by atoms with E-state index in [1.165, 1.54) is 4.88 Å². The highest BCUT2D eigenvalue weighted by Gasteiger charge is 2.18. The maximum Gasteiger partial charge on any atom is 0.197 e. The predicted octanol–water partition coefficient (Wildman–Crippen LogP) is 0.848. The Hall–Kier alpha value is -1.14. The largest absolute Gasteiger partial charge is 0.370 e. The van der Waals surface area contributed by atoms with Gasteiger partial charge in [0.05, 0.1) is 0 Å². The van der Waals surface area contributed by atoms with Crippen LogP contribution in [-0.4, -0.2) is 11.1 Å². The van der Waals surface area contributed by atoms with Crippen molar-refractivity contribution in [1.82, 2.24) is 10.6 Å². The molecule has 4 N–H and O–H groups in total. The lowest BCUT2D eigenvalue weighted by Crippen LogP contribution is -2.49. The molecule has 74 valence electrons. The molecule has 0 amide bonds. The third-order valence-corrected chi connectivity index (χ3v) is 3.08. The van der Waals surface area contributed by atoms with Crippen LogP contribution in [0, 0.1) is 6.92 Å². The van der Waals surface area contributed by atoms with Crippen LogP contribution in [0.3, 0.4) is 0 Å². The number of thiophene rings is 1. The number of thiocarbonyl (C=S) groups is 1. The van der Waals surface area contributed by atoms with Crippen molar-refractivity contribution in [3.05, 3.63) is 21.9 Å². The van der Waals surface area contributed by atoms with Crippen LogP contribution < -0.4 is 16.4 Å². The predicted molar refractivity (Wildman–Crippen MR) is 62.3 cm³/mol. The number of nitrogens with zero attached hydrogens (tertiary/aromatic N) is 1. The highest BCUT2D eigenvalue weighted by atomic mass is 32.1. The van der Waals surface area contributed by atoms with E-state index in [1.807, 2.05) is 6.07 Å². The van der Waals surface area contributed by atoms with Crippen molar-refractivity contribution in [3.63, 3.8) is 0 Å². The molecular formula is C8H10N4S2. The third kappa shape index (κ3) is 1.85. The fourth-order valence-corrected chi connectivity index (χ4v) is 2.30. The number of rotatable bonds is 1. The van der Waals surface area contributed by atoms with Gasteiger partial charge < -0.3 is 16.4 Å². The molecule has 0 spiro atoms. The summed E-state index contributed by atoms with van der Waals surface area (Å²) in [6.07, 6.45) is -0.137. The van der Waals surface area contributed by atoms with Gasteiger partial charge in [0, 0.05) is 9.75 Å². The van der Waals surface area contributed by atoms with Crippen molar-refractivity contribution in [1.29, 1.82) is 0 Å². The molecule has 4 nitrogen and oxygen atoms in total. The van der Waals surface area contributed by atoms with Crippen molar-refractivity contribution in [2.75, 3.05) is 0 Å². The van der Waals surface area contributed by atoms with Gasteiger partial charge in [-0.3, -0.25) is 0 Å². The second-order valence-corrected chi connectivity index (χ2v) is 4.69. The van der Waals surface area contributed by atoms with Crippen LogP contribution in [0.1, 0.15) is 15.9 Å². The summed E-state index contributed by atoms with van der Waals surface area (Å²) in [6, 6.07) is 4.08. The normalized spacial score (nSPS) is 21.1. The molecule has 1 aliphatic rings. The second kappa shape index (κ2) is 3.55. The number of hydrogen-bond acceptors (Lipinski definition) is 4. The van der Waals surface area contributed by atoms with E-state index >= 15 is 0 Å². The molecular weight excluding hydrogens is 216 g/mol. The lowest BCUT2D eigenvalue weighted by Gasteiger charge is -2.21. The maximum atomic E-state index is 5.58. The van der Waals surface area contributed by atoms with E-state index in [9.17, 15) is 0 Å². The molecule has 2 heterocycles. The van der Waals surface area contributed by atoms with Gasteiger partial charge in [0.2, 0.25) is 0 Å². The smallest absolute Gasteiger partial charge is 0.197 e. The molecule has 1 aromatic rings. The van der Waals surface area contributed by atoms with E-state index in [4.69, 9.17) is 18.0 Å². The Morgan fingerprint density at radius 3 is 2.93 bits per heavy atom. The lowest BCUT2D eigenvalue weighted by atomic mass is 10.3. The van der Waals surface area contributed by atoms with Crippen LogP contribution in [0.15, 0.2) is 17.1 Å². The molecule has 0 fully saturated rings. The fraction of sp³-hybridized carbons (Fsp3) is 0.250. The van der Waals surface area contributed by atoms with Crippen molar-refractivity contribution < 1.29 is 0 Å². The Kier molecular flexibility index (Phi) is 2.39. The summed E-state index contributed by atoms with van der Waals surface area (Å²) in [5, 5.41) is 6.30. The first-order chi connectivity index (χ1) is 6.65. The first kappa shape index (κ1) is 9.42. The highest BCUT2D eigenvalue weighted by molar-refractivity contribution is 7.80. The molecule has 0 saturated carbocycles. The van der Waals surface area contributed by atoms with E-state index in [1.54, 1.807) is 11.3 Å². The summed E-state index contributed by atoms with van der Waals surface area (Å²) in [6.45, 7) is 2.06. The fourth-order valence-electron chi connectivity index (χ4n) is 1.22. The topological polar surface area (TPSA) is 62.4 Å². The summed E-state index contributed by atoms with van der Waals surface area (Å²) in [4.78, 5) is 6.58. The highest BCUT2D eigenvalue weighted by Crippen LogP contribution is 2.24. The van der Waals surface area contributed by atoms with Crippen molar-refractivity contribution >= 4 is 34.6 Å². The minimum atomic E-state index is -0.137. The van der Waals surface area contributed by atoms with Gasteiger partial charge in [-0.05, 0) is 31.3 Å². The van der Waals surface area contributed by atoms with E-state index in [0.717, 1.165) is 4.88 Å². The molecule has 0 aliphatic carbocycles. The Morgan fingerprint density at radius 2 is 2.36 bits per heavy atom. The Labute approximate surface area is 91.2 Å². The molecule has 0 unspecified atom stereocenters. The first-order valence-corrected chi connectivity index (χ1v) is 5.35. The summed E-state index contributed by atoms with van der Waals surface area (Å²) < 4.78 is 0. The van der Waals surface area contributed by atoms with Crippen LogP contribution in [0.25, 0.3) is 0 Å². The SMILES string of the molecule is Cc1ccc([C@@H]2N=C(N)NC(=S)N2)s1. The van der Waals surface area contributed by atoms with Gasteiger partial charge >= 0.3 is 0 Å². The zero-order valence-electron chi connectivity index (χ0n) is 7.57. The number of nitrogens with one attached hydrogen (secondary N) is 2. The van der Waals surface area contributed by atoms with Crippen LogP contribution >= 0.6 is 23.6 Å². The van der Waals surface area contributed by atoms with E-state index in [2.05, 4.69) is 28.6 Å². The standard InChI is InChI=1S/C8H10N4S2/c1-4-2-3-5(14-4)6-10-7(9)12-8(13)11-6/h2-3,6H,1H3,(H4,9,10,11,12,13)/t6-/m1/s1. The number of nitrogens with two attached hydrogens (primary N) is 1. The Bertz CT molecular complexity index is 396. The Balaban J connectivity index is 2.27. The zero-order chi connectivity index (χ0) is 10.1. The van der Waals surface area contributed by atoms with Crippen LogP contribution in [0.2, 0.25) is 0 Å². The van der Waals surface area contributed by atoms with Crippen molar-refractivity contribution in [3.8, 4) is 0 Å². The lowest BCUT2D eigenvalue weighted by molar-refractivity contribution is 0.672. The summed E-state index contributed by atoms with van der Waals surface area (Å²) in [5.41, 5.74) is 5.58. The van der Waals surface area contributed by atoms with Crippen molar-refractivity contribution in [2.24, 2.45) is 10.7 Å². The monoisotopic (exact) mass is 226 g/mol. The van der Waals surface area contributed by atoms with Crippen LogP contribution in [-0.2, 0) is 0 Å². The molecule has 0 radical (unpaired) electrons. The number of guanidine groups is 1. The van der Waals surface area contributed by atoms with Gasteiger partial charge in [-0.25, -0.2) is 4.99 Å². The Morgan fingerprint density at radius 1 is 1.57 bits per heavy atom. The van der Waals surface area contributed by atoms with Crippen LogP contribution in [0.4, 0.5) is 0 Å². The molecule has 1 aromatic heterocycles. The maximum absolute atomic E-state index is 5.58. The summed E-state index contributed by atoms with van der Waals surface area (Å²) >= 11 is 6.67. The minimum Gasteiger partial charge on any atom is -0.370 e. The summed E-state index contributed by atoms with van der Waals surface area (Å²) in [7, 11) is 0. The zero-order valence-corrected chi connectivity index (χ0v) is 9.21. The van der Waals surface area contributed by atoms with Crippen LogP contribution in [0.5, 0.6) is 0 Å². The van der Waals surface area contributed by atoms with E-state index in [0.29, 0.717) is 11.1 Å². The molecule has 6 heteroatoms. The molecule has 1 aliphatic heterocycles. The molecule has 14 heavy (non-hydrogen) atoms. The number of aryl methyl sites for hydroxylation is 1. The number of hydrogen-bond donors (Lipinski definition) is 3. The minimum absolute atomic E-state index is 0.137. The number of aliphatic imine (C=N–C) groups is 1. The van der Waals surface area contributed by atoms with Crippen molar-refractivity contribution in [2.45, 2.75) is 13.1 Å². The first-order valence-electron chi connectivity index (χ1n) is 4.12. The molecule has 0 bridgehead atoms. The molecule has 2 rings (SSSR count). The van der Waals surface area contributed by atoms with E-state index < -0.39 is 0 Å². The van der Waals surface area contributed by atoms with Gasteiger partial charge in [-0.15, -0.1) is 11.3 Å². The molecule has 0 aromatic carbocycles. The molecule has 0 saturated heterocycles. The van der Waals surface area contributed by atoms with Gasteiger partial charge in [-0.1, -0.05) is 0 Å². The average molecular weight is 226 g/mol. The quantitative estimate of drug-likeness (QED) is 0.621. The summed E-state index contributed by atoms with van der Waals surface area (Å²) in [5.74, 6) is 0.366.